The second kappa shape index (κ2) is 13.7. The van der Waals surface area contributed by atoms with Gasteiger partial charge in [-0.15, -0.1) is 0 Å². The van der Waals surface area contributed by atoms with Crippen LogP contribution in [-0.2, 0) is 15.7 Å². The number of ether oxygens (including phenoxy) is 1. The van der Waals surface area contributed by atoms with E-state index in [0.29, 0.717) is 12.5 Å². The second-order valence-electron chi connectivity index (χ2n) is 6.08. The summed E-state index contributed by atoms with van der Waals surface area (Å²) < 4.78 is 10.2. The van der Waals surface area contributed by atoms with Gasteiger partial charge < -0.3 is 19.0 Å². The van der Waals surface area contributed by atoms with Crippen molar-refractivity contribution in [1.29, 1.82) is 0 Å². The molecule has 0 aliphatic heterocycles. The molecule has 138 valence electrons. The first-order chi connectivity index (χ1) is 11.7. The van der Waals surface area contributed by atoms with Crippen molar-refractivity contribution in [3.63, 3.8) is 0 Å². The van der Waals surface area contributed by atoms with E-state index in [-0.39, 0.29) is 0 Å². The van der Waals surface area contributed by atoms with E-state index in [1.54, 1.807) is 0 Å². The molecule has 0 saturated carbocycles. The number of hydrogen-bond acceptors (Lipinski definition) is 4. The summed E-state index contributed by atoms with van der Waals surface area (Å²) in [5.74, 6) is 0.512. The van der Waals surface area contributed by atoms with Crippen LogP contribution < -0.4 is 0 Å². The van der Waals surface area contributed by atoms with Crippen LogP contribution >= 0.6 is 8.60 Å². The molecule has 1 atom stereocenters. The zero-order chi connectivity index (χ0) is 17.6. The Balaban J connectivity index is 2.30. The number of aryl methyl sites for hydroxylation is 1. The molecule has 0 radical (unpaired) electrons. The fourth-order valence-electron chi connectivity index (χ4n) is 2.89. The lowest BCUT2D eigenvalue weighted by Crippen LogP contribution is -2.00. The third-order valence-electron chi connectivity index (χ3n) is 4.31. The topological polar surface area (TPSA) is 58.9 Å². The lowest BCUT2D eigenvalue weighted by Gasteiger charge is -2.16. The molecule has 0 spiro atoms. The van der Waals surface area contributed by atoms with Crippen molar-refractivity contribution in [3.05, 3.63) is 35.4 Å². The first-order valence-electron chi connectivity index (χ1n) is 9.14. The van der Waals surface area contributed by atoms with Crippen molar-refractivity contribution in [1.82, 2.24) is 0 Å². The summed E-state index contributed by atoms with van der Waals surface area (Å²) >= 11 is 0. The van der Waals surface area contributed by atoms with Gasteiger partial charge in [-0.05, 0) is 62.5 Å². The van der Waals surface area contributed by atoms with Crippen molar-refractivity contribution in [2.24, 2.45) is 0 Å². The Bertz CT molecular complexity index is 408. The minimum atomic E-state index is -2.21. The van der Waals surface area contributed by atoms with Crippen molar-refractivity contribution < 1.29 is 19.0 Å². The molecule has 0 amide bonds. The van der Waals surface area contributed by atoms with Gasteiger partial charge in [0.1, 0.15) is 0 Å². The van der Waals surface area contributed by atoms with Crippen molar-refractivity contribution in [3.8, 4) is 0 Å². The molecule has 24 heavy (non-hydrogen) atoms. The average molecular weight is 356 g/mol. The molecule has 1 aromatic rings. The van der Waals surface area contributed by atoms with E-state index in [1.807, 2.05) is 6.92 Å². The molecule has 2 N–H and O–H groups in total. The van der Waals surface area contributed by atoms with Crippen LogP contribution in [0.5, 0.6) is 0 Å². The Labute approximate surface area is 148 Å². The third-order valence-corrected chi connectivity index (χ3v) is 4.72. The second-order valence-corrected chi connectivity index (χ2v) is 6.85. The van der Waals surface area contributed by atoms with E-state index in [2.05, 4.69) is 31.2 Å². The molecular weight excluding hydrogens is 323 g/mol. The summed E-state index contributed by atoms with van der Waals surface area (Å²) in [7, 11) is -2.21. The number of unbranched alkanes of at least 4 members (excludes halogenated alkanes) is 2. The van der Waals surface area contributed by atoms with Crippen LogP contribution in [0.25, 0.3) is 0 Å². The highest BCUT2D eigenvalue weighted by molar-refractivity contribution is 7.39. The molecule has 0 bridgehead atoms. The van der Waals surface area contributed by atoms with Gasteiger partial charge >= 0.3 is 8.60 Å². The Hall–Kier alpha value is -0.510. The first kappa shape index (κ1) is 21.5. The molecule has 5 heteroatoms. The first-order valence-corrected chi connectivity index (χ1v) is 10.3. The van der Waals surface area contributed by atoms with E-state index in [1.165, 1.54) is 24.0 Å². The smallest absolute Gasteiger partial charge is 0.327 e. The summed E-state index contributed by atoms with van der Waals surface area (Å²) in [6.07, 6.45) is 7.66. The van der Waals surface area contributed by atoms with E-state index in [4.69, 9.17) is 19.0 Å². The van der Waals surface area contributed by atoms with Gasteiger partial charge in [-0.25, -0.2) is 0 Å². The fourth-order valence-corrected chi connectivity index (χ4v) is 3.19. The van der Waals surface area contributed by atoms with Gasteiger partial charge in [-0.3, -0.25) is 0 Å². The normalized spacial score (nSPS) is 12.7. The standard InChI is InChI=1S/C19H33O4P/c1-3-18(10-8-16-23-24(20)21)19-13-11-17(12-14-19)9-6-5-7-15-22-4-2/h11-14,18,20-21H,3-10,15-16H2,1-2H3. The molecule has 4 nitrogen and oxygen atoms in total. The molecule has 1 unspecified atom stereocenters. The lowest BCUT2D eigenvalue weighted by atomic mass is 9.91. The van der Waals surface area contributed by atoms with E-state index < -0.39 is 8.60 Å². The molecule has 0 aliphatic carbocycles. The lowest BCUT2D eigenvalue weighted by molar-refractivity contribution is 0.143. The summed E-state index contributed by atoms with van der Waals surface area (Å²) in [5.41, 5.74) is 2.77. The molecule has 0 aliphatic rings. The van der Waals surface area contributed by atoms with Crippen molar-refractivity contribution >= 4 is 8.60 Å². The van der Waals surface area contributed by atoms with Crippen molar-refractivity contribution in [2.45, 2.75) is 64.7 Å². The van der Waals surface area contributed by atoms with Gasteiger partial charge in [0.15, 0.2) is 0 Å². The van der Waals surface area contributed by atoms with Gasteiger partial charge in [0, 0.05) is 13.2 Å². The van der Waals surface area contributed by atoms with Gasteiger partial charge in [0.05, 0.1) is 6.61 Å². The Morgan fingerprint density at radius 2 is 1.71 bits per heavy atom. The van der Waals surface area contributed by atoms with Gasteiger partial charge in [-0.1, -0.05) is 37.6 Å². The van der Waals surface area contributed by atoms with Crippen LogP contribution in [0.15, 0.2) is 24.3 Å². The van der Waals surface area contributed by atoms with E-state index in [9.17, 15) is 0 Å². The zero-order valence-corrected chi connectivity index (χ0v) is 16.0. The predicted octanol–water partition coefficient (Wildman–Crippen LogP) is 4.94. The summed E-state index contributed by atoms with van der Waals surface area (Å²) in [6.45, 7) is 6.34. The van der Waals surface area contributed by atoms with Crippen LogP contribution in [-0.4, -0.2) is 29.6 Å². The minimum absolute atomic E-state index is 0.412. The summed E-state index contributed by atoms with van der Waals surface area (Å²) in [5, 5.41) is 0. The Morgan fingerprint density at radius 3 is 2.33 bits per heavy atom. The maximum atomic E-state index is 8.74. The molecule has 1 rings (SSSR count). The Kier molecular flexibility index (Phi) is 12.3. The van der Waals surface area contributed by atoms with Crippen LogP contribution in [0.2, 0.25) is 0 Å². The molecule has 1 aromatic carbocycles. The molecular formula is C19H33O4P. The van der Waals surface area contributed by atoms with Crippen LogP contribution in [0, 0.1) is 0 Å². The molecule has 0 saturated heterocycles. The Morgan fingerprint density at radius 1 is 0.958 bits per heavy atom. The maximum Gasteiger partial charge on any atom is 0.327 e. The van der Waals surface area contributed by atoms with E-state index >= 15 is 0 Å². The predicted molar refractivity (Wildman–Crippen MR) is 100 cm³/mol. The van der Waals surface area contributed by atoms with E-state index in [0.717, 1.165) is 45.3 Å². The molecule has 0 heterocycles. The van der Waals surface area contributed by atoms with Crippen LogP contribution in [0.4, 0.5) is 0 Å². The number of rotatable bonds is 14. The van der Waals surface area contributed by atoms with Gasteiger partial charge in [0.25, 0.3) is 0 Å². The summed E-state index contributed by atoms with van der Waals surface area (Å²) in [4.78, 5) is 17.5. The monoisotopic (exact) mass is 356 g/mol. The number of benzene rings is 1. The SMILES string of the molecule is CCOCCCCCc1ccc(C(CC)CCCOP(O)O)cc1. The fraction of sp³-hybridized carbons (Fsp3) is 0.684. The summed E-state index contributed by atoms with van der Waals surface area (Å²) in [6, 6.07) is 8.99. The quantitative estimate of drug-likeness (QED) is 0.366. The zero-order valence-electron chi connectivity index (χ0n) is 15.1. The number of hydrogen-bond donors (Lipinski definition) is 2. The van der Waals surface area contributed by atoms with Gasteiger partial charge in [0.2, 0.25) is 0 Å². The highest BCUT2D eigenvalue weighted by atomic mass is 31.2. The third kappa shape index (κ3) is 9.71. The maximum absolute atomic E-state index is 8.74. The van der Waals surface area contributed by atoms with Gasteiger partial charge in [-0.2, -0.15) is 0 Å². The van der Waals surface area contributed by atoms with Crippen LogP contribution in [0.3, 0.4) is 0 Å². The minimum Gasteiger partial charge on any atom is -0.382 e. The molecule has 0 fully saturated rings. The van der Waals surface area contributed by atoms with Crippen LogP contribution in [0.1, 0.15) is 69.4 Å². The highest BCUT2D eigenvalue weighted by Crippen LogP contribution is 2.28. The highest BCUT2D eigenvalue weighted by Gasteiger charge is 2.10. The molecule has 0 aromatic heterocycles. The van der Waals surface area contributed by atoms with Crippen molar-refractivity contribution in [2.75, 3.05) is 19.8 Å². The largest absolute Gasteiger partial charge is 0.382 e. The average Bonchev–Trinajstić information content (AvgIpc) is 2.59.